The smallest absolute Gasteiger partial charge is 0.218 e. The highest BCUT2D eigenvalue weighted by atomic mass is 35.5. The molecule has 1 aromatic carbocycles. The molecular formula is C8H6ClN4. The Hall–Kier alpha value is -1.42. The minimum absolute atomic E-state index is 0.548. The van der Waals surface area contributed by atoms with Gasteiger partial charge in [-0.15, -0.1) is 5.10 Å². The zero-order valence-corrected chi connectivity index (χ0v) is 7.44. The van der Waals surface area contributed by atoms with E-state index in [0.717, 1.165) is 5.56 Å². The van der Waals surface area contributed by atoms with Gasteiger partial charge in [0.05, 0.1) is 6.54 Å². The highest BCUT2D eigenvalue weighted by molar-refractivity contribution is 6.31. The molecule has 1 radical (unpaired) electrons. The van der Waals surface area contributed by atoms with E-state index in [9.17, 15) is 0 Å². The molecule has 0 fully saturated rings. The van der Waals surface area contributed by atoms with Crippen molar-refractivity contribution < 1.29 is 0 Å². The van der Waals surface area contributed by atoms with Gasteiger partial charge < -0.3 is 0 Å². The van der Waals surface area contributed by atoms with Gasteiger partial charge in [-0.2, -0.15) is 0 Å². The van der Waals surface area contributed by atoms with E-state index < -0.39 is 0 Å². The number of nitrogens with zero attached hydrogens (tertiary/aromatic N) is 4. The maximum absolute atomic E-state index is 5.95. The highest BCUT2D eigenvalue weighted by Crippen LogP contribution is 2.15. The fraction of sp³-hybridized carbons (Fsp3) is 0.125. The predicted octanol–water partition coefficient (Wildman–Crippen LogP) is 1.17. The van der Waals surface area contributed by atoms with Crippen molar-refractivity contribution in [2.45, 2.75) is 6.54 Å². The summed E-state index contributed by atoms with van der Waals surface area (Å²) < 4.78 is 1.50. The van der Waals surface area contributed by atoms with Crippen molar-refractivity contribution in [2.75, 3.05) is 0 Å². The molecule has 0 aliphatic carbocycles. The van der Waals surface area contributed by atoms with E-state index >= 15 is 0 Å². The average molecular weight is 194 g/mol. The molecule has 65 valence electrons. The van der Waals surface area contributed by atoms with Crippen molar-refractivity contribution in [3.63, 3.8) is 0 Å². The van der Waals surface area contributed by atoms with Crippen LogP contribution in [0.2, 0.25) is 5.02 Å². The third-order valence-corrected chi connectivity index (χ3v) is 2.00. The van der Waals surface area contributed by atoms with Gasteiger partial charge in [-0.05, 0) is 22.1 Å². The molecule has 0 unspecified atom stereocenters. The molecule has 1 heterocycles. The van der Waals surface area contributed by atoms with Crippen LogP contribution in [-0.2, 0) is 6.54 Å². The molecule has 1 aromatic heterocycles. The van der Waals surface area contributed by atoms with Gasteiger partial charge in [0, 0.05) is 5.02 Å². The fourth-order valence-corrected chi connectivity index (χ4v) is 1.21. The second kappa shape index (κ2) is 3.53. The molecule has 0 spiro atoms. The Morgan fingerprint density at radius 2 is 2.23 bits per heavy atom. The van der Waals surface area contributed by atoms with Gasteiger partial charge in [-0.1, -0.05) is 29.8 Å². The van der Waals surface area contributed by atoms with Gasteiger partial charge in [0.1, 0.15) is 0 Å². The molecule has 0 atom stereocenters. The fourth-order valence-electron chi connectivity index (χ4n) is 1.01. The third kappa shape index (κ3) is 1.84. The Balaban J connectivity index is 2.24. The van der Waals surface area contributed by atoms with E-state index in [2.05, 4.69) is 21.9 Å². The molecule has 0 bridgehead atoms. The zero-order valence-electron chi connectivity index (χ0n) is 6.68. The SMILES string of the molecule is Clc1ccccc1Cn1[c]nnn1. The van der Waals surface area contributed by atoms with Gasteiger partial charge in [0.2, 0.25) is 6.33 Å². The number of benzene rings is 1. The number of tetrazole rings is 1. The van der Waals surface area contributed by atoms with Gasteiger partial charge in [-0.3, -0.25) is 0 Å². The molecule has 2 aromatic rings. The van der Waals surface area contributed by atoms with Crippen LogP contribution in [0, 0.1) is 6.33 Å². The molecule has 0 saturated carbocycles. The number of rotatable bonds is 2. The van der Waals surface area contributed by atoms with Crippen LogP contribution in [0.3, 0.4) is 0 Å². The van der Waals surface area contributed by atoms with Crippen molar-refractivity contribution >= 4 is 11.6 Å². The molecule has 0 aliphatic heterocycles. The highest BCUT2D eigenvalue weighted by Gasteiger charge is 2.00. The molecule has 0 saturated heterocycles. The molecule has 0 aliphatic rings. The van der Waals surface area contributed by atoms with Crippen molar-refractivity contribution in [3.8, 4) is 0 Å². The van der Waals surface area contributed by atoms with Crippen LogP contribution >= 0.6 is 11.6 Å². The molecule has 13 heavy (non-hydrogen) atoms. The van der Waals surface area contributed by atoms with Crippen LogP contribution < -0.4 is 0 Å². The van der Waals surface area contributed by atoms with Crippen molar-refractivity contribution in [3.05, 3.63) is 41.2 Å². The number of hydrogen-bond acceptors (Lipinski definition) is 3. The van der Waals surface area contributed by atoms with Crippen molar-refractivity contribution in [1.82, 2.24) is 20.2 Å². The van der Waals surface area contributed by atoms with Crippen LogP contribution in [-0.4, -0.2) is 20.2 Å². The summed E-state index contributed by atoms with van der Waals surface area (Å²) in [6, 6.07) is 7.57. The Morgan fingerprint density at radius 1 is 1.38 bits per heavy atom. The molecule has 5 heteroatoms. The van der Waals surface area contributed by atoms with Crippen LogP contribution in [0.25, 0.3) is 0 Å². The lowest BCUT2D eigenvalue weighted by Crippen LogP contribution is -2.01. The summed E-state index contributed by atoms with van der Waals surface area (Å²) in [6.45, 7) is 0.548. The normalized spacial score (nSPS) is 10.2. The summed E-state index contributed by atoms with van der Waals surface area (Å²) in [5.41, 5.74) is 0.979. The monoisotopic (exact) mass is 193 g/mol. The number of halogens is 1. The lowest BCUT2D eigenvalue weighted by Gasteiger charge is -2.01. The van der Waals surface area contributed by atoms with E-state index in [4.69, 9.17) is 11.6 Å². The van der Waals surface area contributed by atoms with Crippen LogP contribution in [0.4, 0.5) is 0 Å². The van der Waals surface area contributed by atoms with Crippen molar-refractivity contribution in [1.29, 1.82) is 0 Å². The Bertz CT molecular complexity index is 385. The Kier molecular flexibility index (Phi) is 2.23. The van der Waals surface area contributed by atoms with Crippen LogP contribution in [0.1, 0.15) is 5.56 Å². The van der Waals surface area contributed by atoms with E-state index in [-0.39, 0.29) is 0 Å². The van der Waals surface area contributed by atoms with Crippen LogP contribution in [0.5, 0.6) is 0 Å². The van der Waals surface area contributed by atoms with Gasteiger partial charge in [0.15, 0.2) is 0 Å². The summed E-state index contributed by atoms with van der Waals surface area (Å²) in [6.07, 6.45) is 2.60. The van der Waals surface area contributed by atoms with E-state index in [1.54, 1.807) is 0 Å². The second-order valence-electron chi connectivity index (χ2n) is 2.53. The summed E-state index contributed by atoms with van der Waals surface area (Å²) in [5, 5.41) is 11.3. The lowest BCUT2D eigenvalue weighted by atomic mass is 10.2. The summed E-state index contributed by atoms with van der Waals surface area (Å²) in [5.74, 6) is 0. The largest absolute Gasteiger partial charge is 0.221 e. The number of aromatic nitrogens is 4. The quantitative estimate of drug-likeness (QED) is 0.719. The summed E-state index contributed by atoms with van der Waals surface area (Å²) in [4.78, 5) is 0. The Labute approximate surface area is 80.1 Å². The predicted molar refractivity (Wildman–Crippen MR) is 47.2 cm³/mol. The minimum Gasteiger partial charge on any atom is -0.218 e. The molecular weight excluding hydrogens is 188 g/mol. The lowest BCUT2D eigenvalue weighted by molar-refractivity contribution is 0.645. The molecule has 0 N–H and O–H groups in total. The Morgan fingerprint density at radius 3 is 2.92 bits per heavy atom. The summed E-state index contributed by atoms with van der Waals surface area (Å²) >= 11 is 5.95. The molecule has 0 amide bonds. The van der Waals surface area contributed by atoms with Gasteiger partial charge in [0.25, 0.3) is 0 Å². The van der Waals surface area contributed by atoms with Crippen LogP contribution in [0.15, 0.2) is 24.3 Å². The first-order valence-electron chi connectivity index (χ1n) is 3.73. The molecule has 2 rings (SSSR count). The first kappa shape index (κ1) is 8.19. The maximum atomic E-state index is 5.95. The van der Waals surface area contributed by atoms with Gasteiger partial charge in [-0.25, -0.2) is 4.68 Å². The average Bonchev–Trinajstić information content (AvgIpc) is 2.61. The second-order valence-corrected chi connectivity index (χ2v) is 2.94. The standard InChI is InChI=1S/C8H6ClN4/c9-8-4-2-1-3-7(8)5-13-6-10-11-12-13/h1-4H,5H2. The number of hydrogen-bond donors (Lipinski definition) is 0. The third-order valence-electron chi connectivity index (χ3n) is 1.63. The summed E-state index contributed by atoms with van der Waals surface area (Å²) in [7, 11) is 0. The minimum atomic E-state index is 0.548. The maximum Gasteiger partial charge on any atom is 0.221 e. The van der Waals surface area contributed by atoms with Gasteiger partial charge >= 0.3 is 0 Å². The first-order chi connectivity index (χ1) is 6.36. The molecule has 4 nitrogen and oxygen atoms in total. The van der Waals surface area contributed by atoms with E-state index in [1.807, 2.05) is 24.3 Å². The van der Waals surface area contributed by atoms with E-state index in [0.29, 0.717) is 11.6 Å². The zero-order chi connectivity index (χ0) is 9.10. The van der Waals surface area contributed by atoms with Crippen molar-refractivity contribution in [2.24, 2.45) is 0 Å². The van der Waals surface area contributed by atoms with E-state index in [1.165, 1.54) is 4.68 Å². The first-order valence-corrected chi connectivity index (χ1v) is 4.11. The topological polar surface area (TPSA) is 43.6 Å².